The summed E-state index contributed by atoms with van der Waals surface area (Å²) in [6, 6.07) is 0.727. The molecule has 0 aromatic rings. The van der Waals surface area contributed by atoms with Gasteiger partial charge >= 0.3 is 0 Å². The van der Waals surface area contributed by atoms with Crippen LogP contribution in [0.1, 0.15) is 47.5 Å². The van der Waals surface area contributed by atoms with Crippen LogP contribution in [0.5, 0.6) is 0 Å². The topological polar surface area (TPSA) is 12.0 Å². The summed E-state index contributed by atoms with van der Waals surface area (Å²) in [4.78, 5) is 0. The maximum absolute atomic E-state index is 3.59. The van der Waals surface area contributed by atoms with Crippen molar-refractivity contribution in [3.8, 4) is 0 Å². The molecule has 1 N–H and O–H groups in total. The van der Waals surface area contributed by atoms with Crippen LogP contribution in [-0.4, -0.2) is 23.6 Å². The van der Waals surface area contributed by atoms with Gasteiger partial charge in [-0.2, -0.15) is 11.8 Å². The Hall–Kier alpha value is 0.310. The van der Waals surface area contributed by atoms with E-state index >= 15 is 0 Å². The van der Waals surface area contributed by atoms with Gasteiger partial charge < -0.3 is 5.32 Å². The lowest BCUT2D eigenvalue weighted by Crippen LogP contribution is -2.30. The normalized spacial score (nSPS) is 13.9. The summed E-state index contributed by atoms with van der Waals surface area (Å²) in [7, 11) is 0. The third-order valence-corrected chi connectivity index (χ3v) is 4.35. The Balaban J connectivity index is 3.36. The molecule has 1 unspecified atom stereocenters. The average molecular weight is 217 g/mol. The fourth-order valence-electron chi connectivity index (χ4n) is 1.28. The van der Waals surface area contributed by atoms with Crippen LogP contribution in [0.4, 0.5) is 0 Å². The fourth-order valence-corrected chi connectivity index (χ4v) is 2.27. The van der Waals surface area contributed by atoms with Crippen LogP contribution < -0.4 is 5.32 Å². The zero-order chi connectivity index (χ0) is 11.0. The summed E-state index contributed by atoms with van der Waals surface area (Å²) in [6.45, 7) is 12.6. The van der Waals surface area contributed by atoms with Gasteiger partial charge in [0.05, 0.1) is 0 Å². The van der Waals surface area contributed by atoms with Crippen molar-refractivity contribution in [2.45, 2.75) is 58.8 Å². The van der Waals surface area contributed by atoms with E-state index in [9.17, 15) is 0 Å². The third kappa shape index (κ3) is 6.72. The van der Waals surface area contributed by atoms with Gasteiger partial charge in [0.1, 0.15) is 0 Å². The van der Waals surface area contributed by atoms with Crippen LogP contribution in [0, 0.1) is 5.92 Å². The van der Waals surface area contributed by atoms with Gasteiger partial charge in [-0.3, -0.25) is 0 Å². The van der Waals surface area contributed by atoms with Crippen molar-refractivity contribution in [1.82, 2.24) is 5.32 Å². The van der Waals surface area contributed by atoms with Crippen molar-refractivity contribution in [2.24, 2.45) is 5.92 Å². The van der Waals surface area contributed by atoms with E-state index in [-0.39, 0.29) is 0 Å². The SMILES string of the molecule is CCC(CC)NCCSC(C)C(C)C. The Morgan fingerprint density at radius 1 is 1.07 bits per heavy atom. The number of rotatable bonds is 8. The summed E-state index contributed by atoms with van der Waals surface area (Å²) >= 11 is 2.08. The number of thioether (sulfide) groups is 1. The van der Waals surface area contributed by atoms with Crippen molar-refractivity contribution in [3.05, 3.63) is 0 Å². The van der Waals surface area contributed by atoms with E-state index in [1.54, 1.807) is 0 Å². The standard InChI is InChI=1S/C12H27NS/c1-6-12(7-2)13-8-9-14-11(5)10(3)4/h10-13H,6-9H2,1-5H3. The molecular weight excluding hydrogens is 190 g/mol. The molecule has 86 valence electrons. The highest BCUT2D eigenvalue weighted by atomic mass is 32.2. The molecule has 0 bridgehead atoms. The van der Waals surface area contributed by atoms with Gasteiger partial charge in [-0.15, -0.1) is 0 Å². The molecule has 0 aliphatic rings. The number of nitrogens with one attached hydrogen (secondary N) is 1. The second-order valence-corrected chi connectivity index (χ2v) is 5.77. The maximum atomic E-state index is 3.59. The largest absolute Gasteiger partial charge is 0.313 e. The van der Waals surface area contributed by atoms with Gasteiger partial charge in [0.15, 0.2) is 0 Å². The predicted molar refractivity (Wildman–Crippen MR) is 69.1 cm³/mol. The molecule has 0 aromatic carbocycles. The van der Waals surface area contributed by atoms with E-state index in [4.69, 9.17) is 0 Å². The van der Waals surface area contributed by atoms with Gasteiger partial charge in [-0.25, -0.2) is 0 Å². The van der Waals surface area contributed by atoms with Gasteiger partial charge in [0, 0.05) is 23.6 Å². The molecule has 0 aliphatic carbocycles. The first-order valence-corrected chi connectivity index (χ1v) is 7.01. The Morgan fingerprint density at radius 3 is 2.07 bits per heavy atom. The summed E-state index contributed by atoms with van der Waals surface area (Å²) in [6.07, 6.45) is 2.50. The van der Waals surface area contributed by atoms with Crippen LogP contribution in [0.3, 0.4) is 0 Å². The van der Waals surface area contributed by atoms with Crippen molar-refractivity contribution < 1.29 is 0 Å². The van der Waals surface area contributed by atoms with E-state index in [2.05, 4.69) is 51.7 Å². The third-order valence-electron chi connectivity index (χ3n) is 2.84. The zero-order valence-electron chi connectivity index (χ0n) is 10.5. The Bertz CT molecular complexity index is 117. The van der Waals surface area contributed by atoms with Gasteiger partial charge in [0.2, 0.25) is 0 Å². The molecule has 0 rings (SSSR count). The van der Waals surface area contributed by atoms with Crippen LogP contribution in [0.25, 0.3) is 0 Å². The summed E-state index contributed by atoms with van der Waals surface area (Å²) in [5.41, 5.74) is 0. The average Bonchev–Trinajstić information content (AvgIpc) is 2.17. The first-order valence-electron chi connectivity index (χ1n) is 5.96. The summed E-state index contributed by atoms with van der Waals surface area (Å²) < 4.78 is 0. The minimum Gasteiger partial charge on any atom is -0.313 e. The molecule has 14 heavy (non-hydrogen) atoms. The van der Waals surface area contributed by atoms with Crippen LogP contribution in [-0.2, 0) is 0 Å². The van der Waals surface area contributed by atoms with E-state index in [0.717, 1.165) is 23.8 Å². The zero-order valence-corrected chi connectivity index (χ0v) is 11.3. The molecule has 0 radical (unpaired) electrons. The lowest BCUT2D eigenvalue weighted by Gasteiger charge is -2.17. The molecule has 0 amide bonds. The Kier molecular flexibility index (Phi) is 8.80. The quantitative estimate of drug-likeness (QED) is 0.624. The van der Waals surface area contributed by atoms with Crippen LogP contribution >= 0.6 is 11.8 Å². The van der Waals surface area contributed by atoms with E-state index in [0.29, 0.717) is 0 Å². The lowest BCUT2D eigenvalue weighted by atomic mass is 10.2. The monoisotopic (exact) mass is 217 g/mol. The molecule has 0 aliphatic heterocycles. The molecule has 0 saturated carbocycles. The summed E-state index contributed by atoms with van der Waals surface area (Å²) in [5, 5.41) is 4.38. The van der Waals surface area contributed by atoms with Gasteiger partial charge in [0.25, 0.3) is 0 Å². The molecule has 0 fully saturated rings. The highest BCUT2D eigenvalue weighted by Crippen LogP contribution is 2.17. The molecular formula is C12H27NS. The van der Waals surface area contributed by atoms with Crippen molar-refractivity contribution in [3.63, 3.8) is 0 Å². The summed E-state index contributed by atoms with van der Waals surface area (Å²) in [5.74, 6) is 2.05. The molecule has 0 saturated heterocycles. The molecule has 0 spiro atoms. The van der Waals surface area contributed by atoms with Crippen molar-refractivity contribution in [1.29, 1.82) is 0 Å². The first kappa shape index (κ1) is 14.3. The Labute approximate surface area is 94.4 Å². The van der Waals surface area contributed by atoms with Crippen molar-refractivity contribution >= 4 is 11.8 Å². The fraction of sp³-hybridized carbons (Fsp3) is 1.00. The highest BCUT2D eigenvalue weighted by Gasteiger charge is 2.07. The highest BCUT2D eigenvalue weighted by molar-refractivity contribution is 7.99. The van der Waals surface area contributed by atoms with Crippen LogP contribution in [0.15, 0.2) is 0 Å². The van der Waals surface area contributed by atoms with E-state index < -0.39 is 0 Å². The minimum absolute atomic E-state index is 0.727. The van der Waals surface area contributed by atoms with E-state index in [1.165, 1.54) is 18.6 Å². The second-order valence-electron chi connectivity index (χ2n) is 4.29. The first-order chi connectivity index (χ1) is 6.61. The molecule has 0 aromatic heterocycles. The van der Waals surface area contributed by atoms with Crippen molar-refractivity contribution in [2.75, 3.05) is 12.3 Å². The number of hydrogen-bond donors (Lipinski definition) is 1. The van der Waals surface area contributed by atoms with E-state index in [1.807, 2.05) is 0 Å². The smallest absolute Gasteiger partial charge is 0.00621 e. The predicted octanol–water partition coefficient (Wildman–Crippen LogP) is 3.54. The number of hydrogen-bond acceptors (Lipinski definition) is 2. The second kappa shape index (κ2) is 8.60. The van der Waals surface area contributed by atoms with Gasteiger partial charge in [-0.1, -0.05) is 34.6 Å². The minimum atomic E-state index is 0.727. The Morgan fingerprint density at radius 2 is 1.64 bits per heavy atom. The van der Waals surface area contributed by atoms with Crippen LogP contribution in [0.2, 0.25) is 0 Å². The molecule has 0 heterocycles. The lowest BCUT2D eigenvalue weighted by molar-refractivity contribution is 0.501. The molecule has 1 atom stereocenters. The maximum Gasteiger partial charge on any atom is 0.00621 e. The van der Waals surface area contributed by atoms with Gasteiger partial charge in [-0.05, 0) is 18.8 Å². The molecule has 1 nitrogen and oxygen atoms in total. The molecule has 2 heteroatoms.